The first-order valence-corrected chi connectivity index (χ1v) is 10.5. The minimum atomic E-state index is -0.321. The third-order valence-electron chi connectivity index (χ3n) is 5.03. The van der Waals surface area contributed by atoms with Crippen molar-refractivity contribution in [1.29, 1.82) is 0 Å². The molecule has 0 spiro atoms. The quantitative estimate of drug-likeness (QED) is 0.727. The lowest BCUT2D eigenvalue weighted by atomic mass is 10.2. The zero-order valence-corrected chi connectivity index (χ0v) is 16.7. The summed E-state index contributed by atoms with van der Waals surface area (Å²) in [5.74, 6) is 1.09. The molecule has 1 aliphatic heterocycles. The van der Waals surface area contributed by atoms with Crippen LogP contribution in [0.1, 0.15) is 54.2 Å². The molecule has 27 heavy (non-hydrogen) atoms. The average molecular weight is 405 g/mol. The van der Waals surface area contributed by atoms with Crippen molar-refractivity contribution >= 4 is 35.2 Å². The molecule has 4 rings (SSSR count). The van der Waals surface area contributed by atoms with Crippen LogP contribution in [-0.4, -0.2) is 43.3 Å². The lowest BCUT2D eigenvalue weighted by Gasteiger charge is -2.22. The van der Waals surface area contributed by atoms with Crippen LogP contribution >= 0.6 is 23.4 Å². The molecular formula is C19H21ClN4O2S. The van der Waals surface area contributed by atoms with Crippen molar-refractivity contribution in [3.8, 4) is 0 Å². The molecule has 1 atom stereocenters. The van der Waals surface area contributed by atoms with E-state index < -0.39 is 0 Å². The van der Waals surface area contributed by atoms with Crippen LogP contribution < -0.4 is 0 Å². The summed E-state index contributed by atoms with van der Waals surface area (Å²) in [4.78, 5) is 27.3. The number of imide groups is 1. The Kier molecular flexibility index (Phi) is 5.23. The topological polar surface area (TPSA) is 68.1 Å². The molecule has 2 heterocycles. The van der Waals surface area contributed by atoms with Gasteiger partial charge in [-0.2, -0.15) is 0 Å². The van der Waals surface area contributed by atoms with E-state index in [0.717, 1.165) is 43.1 Å². The predicted molar refractivity (Wildman–Crippen MR) is 104 cm³/mol. The smallest absolute Gasteiger partial charge is 0.260 e. The third kappa shape index (κ3) is 3.89. The first-order chi connectivity index (χ1) is 13.0. The summed E-state index contributed by atoms with van der Waals surface area (Å²) in [7, 11) is 1.95. The van der Waals surface area contributed by atoms with Crippen LogP contribution in [-0.2, 0) is 11.8 Å². The number of thioether (sulfide) groups is 1. The Labute approximate surface area is 167 Å². The van der Waals surface area contributed by atoms with Gasteiger partial charge in [0.25, 0.3) is 5.91 Å². The van der Waals surface area contributed by atoms with E-state index in [2.05, 4.69) is 10.2 Å². The van der Waals surface area contributed by atoms with Gasteiger partial charge in [0.1, 0.15) is 5.82 Å². The van der Waals surface area contributed by atoms with Gasteiger partial charge in [0.05, 0.1) is 5.25 Å². The molecule has 142 valence electrons. The monoisotopic (exact) mass is 404 g/mol. The van der Waals surface area contributed by atoms with E-state index in [1.807, 2.05) is 11.6 Å². The van der Waals surface area contributed by atoms with E-state index in [1.54, 1.807) is 24.3 Å². The summed E-state index contributed by atoms with van der Waals surface area (Å²) in [6.45, 7) is 0.448. The molecule has 0 bridgehead atoms. The fraction of sp³-hybridized carbons (Fsp3) is 0.474. The zero-order chi connectivity index (χ0) is 19.0. The van der Waals surface area contributed by atoms with E-state index >= 15 is 0 Å². The Morgan fingerprint density at radius 3 is 2.59 bits per heavy atom. The summed E-state index contributed by atoms with van der Waals surface area (Å²) in [5.41, 5.74) is 0.480. The number of nitrogens with zero attached hydrogens (tertiary/aromatic N) is 4. The van der Waals surface area contributed by atoms with Gasteiger partial charge in [-0.1, -0.05) is 29.8 Å². The number of benzene rings is 1. The summed E-state index contributed by atoms with van der Waals surface area (Å²) in [6, 6.07) is 6.66. The van der Waals surface area contributed by atoms with E-state index in [4.69, 9.17) is 11.6 Å². The van der Waals surface area contributed by atoms with Crippen molar-refractivity contribution in [3.63, 3.8) is 0 Å². The van der Waals surface area contributed by atoms with Gasteiger partial charge in [-0.25, -0.2) is 0 Å². The Morgan fingerprint density at radius 2 is 1.89 bits per heavy atom. The van der Waals surface area contributed by atoms with Gasteiger partial charge < -0.3 is 4.57 Å². The maximum absolute atomic E-state index is 13.1. The molecule has 8 heteroatoms. The fourth-order valence-electron chi connectivity index (χ4n) is 3.32. The molecule has 2 fully saturated rings. The second-order valence-electron chi connectivity index (χ2n) is 7.08. The molecule has 2 aromatic rings. The number of hydrogen-bond donors (Lipinski definition) is 0. The Morgan fingerprint density at radius 1 is 1.15 bits per heavy atom. The van der Waals surface area contributed by atoms with Gasteiger partial charge in [0, 0.05) is 30.1 Å². The zero-order valence-electron chi connectivity index (χ0n) is 15.1. The molecule has 1 saturated carbocycles. The molecule has 0 unspecified atom stereocenters. The van der Waals surface area contributed by atoms with Crippen molar-refractivity contribution in [1.82, 2.24) is 19.7 Å². The van der Waals surface area contributed by atoms with E-state index in [9.17, 15) is 9.59 Å². The lowest BCUT2D eigenvalue weighted by Crippen LogP contribution is -2.41. The third-order valence-corrected chi connectivity index (χ3v) is 6.57. The minimum absolute atomic E-state index is 0.145. The fourth-order valence-corrected chi connectivity index (χ4v) is 4.55. The maximum atomic E-state index is 13.1. The highest BCUT2D eigenvalue weighted by atomic mass is 35.5. The molecule has 1 aromatic heterocycles. The second kappa shape index (κ2) is 7.64. The highest BCUT2D eigenvalue weighted by molar-refractivity contribution is 8.00. The van der Waals surface area contributed by atoms with Gasteiger partial charge in [-0.05, 0) is 49.9 Å². The second-order valence-corrected chi connectivity index (χ2v) is 8.68. The molecule has 0 radical (unpaired) electrons. The van der Waals surface area contributed by atoms with Crippen LogP contribution in [0.3, 0.4) is 0 Å². The number of rotatable bonds is 4. The van der Waals surface area contributed by atoms with Gasteiger partial charge in [-0.15, -0.1) is 10.2 Å². The Balaban J connectivity index is 1.52. The highest BCUT2D eigenvalue weighted by Gasteiger charge is 2.34. The summed E-state index contributed by atoms with van der Waals surface area (Å²) < 4.78 is 1.99. The normalized spacial score (nSPS) is 20.6. The largest absolute Gasteiger partial charge is 0.309 e. The van der Waals surface area contributed by atoms with Gasteiger partial charge in [0.15, 0.2) is 5.16 Å². The minimum Gasteiger partial charge on any atom is -0.309 e. The SMILES string of the molecule is Cn1c(S[C@H]2CCCCN(C(=O)c3ccc(Cl)cc3)C2=O)nnc1C1CC1. The molecular weight excluding hydrogens is 384 g/mol. The van der Waals surface area contributed by atoms with Crippen LogP contribution in [0.5, 0.6) is 0 Å². The van der Waals surface area contributed by atoms with Crippen molar-refractivity contribution in [3.05, 3.63) is 40.7 Å². The number of carbonyl (C=O) groups excluding carboxylic acids is 2. The molecule has 1 aliphatic carbocycles. The standard InChI is InChI=1S/C19H21ClN4O2S/c1-23-16(12-5-6-12)21-22-19(23)27-15-4-2-3-11-24(18(15)26)17(25)13-7-9-14(20)10-8-13/h7-10,12,15H,2-6,11H2,1H3/t15-/m0/s1. The Bertz CT molecular complexity index is 863. The van der Waals surface area contributed by atoms with E-state index in [1.165, 1.54) is 16.7 Å². The summed E-state index contributed by atoms with van der Waals surface area (Å²) in [6.07, 6.45) is 4.76. The lowest BCUT2D eigenvalue weighted by molar-refractivity contribution is -0.127. The first-order valence-electron chi connectivity index (χ1n) is 9.22. The van der Waals surface area contributed by atoms with Gasteiger partial charge in [0.2, 0.25) is 5.91 Å². The number of likely N-dealkylation sites (tertiary alicyclic amines) is 1. The summed E-state index contributed by atoms with van der Waals surface area (Å²) in [5, 5.41) is 9.56. The average Bonchev–Trinajstić information content (AvgIpc) is 3.46. The van der Waals surface area contributed by atoms with Crippen LogP contribution in [0.2, 0.25) is 5.02 Å². The molecule has 2 aliphatic rings. The number of halogens is 1. The molecule has 2 amide bonds. The van der Waals surface area contributed by atoms with Crippen molar-refractivity contribution in [2.24, 2.45) is 7.05 Å². The molecule has 1 saturated heterocycles. The Hall–Kier alpha value is -1.86. The van der Waals surface area contributed by atoms with Gasteiger partial charge in [-0.3, -0.25) is 14.5 Å². The number of hydrogen-bond acceptors (Lipinski definition) is 5. The number of carbonyl (C=O) groups is 2. The predicted octanol–water partition coefficient (Wildman–Crippen LogP) is 3.66. The van der Waals surface area contributed by atoms with Crippen LogP contribution in [0.15, 0.2) is 29.4 Å². The highest BCUT2D eigenvalue weighted by Crippen LogP contribution is 2.40. The summed E-state index contributed by atoms with van der Waals surface area (Å²) >= 11 is 7.33. The molecule has 0 N–H and O–H groups in total. The molecule has 6 nitrogen and oxygen atoms in total. The maximum Gasteiger partial charge on any atom is 0.260 e. The van der Waals surface area contributed by atoms with Crippen LogP contribution in [0.4, 0.5) is 0 Å². The number of aromatic nitrogens is 3. The molecule has 1 aromatic carbocycles. The van der Waals surface area contributed by atoms with Crippen LogP contribution in [0.25, 0.3) is 0 Å². The van der Waals surface area contributed by atoms with Crippen molar-refractivity contribution < 1.29 is 9.59 Å². The van der Waals surface area contributed by atoms with E-state index in [-0.39, 0.29) is 17.1 Å². The van der Waals surface area contributed by atoms with E-state index in [0.29, 0.717) is 23.0 Å². The van der Waals surface area contributed by atoms with Gasteiger partial charge >= 0.3 is 0 Å². The van der Waals surface area contributed by atoms with Crippen molar-refractivity contribution in [2.75, 3.05) is 6.54 Å². The van der Waals surface area contributed by atoms with Crippen molar-refractivity contribution in [2.45, 2.75) is 48.4 Å². The number of amides is 2. The van der Waals surface area contributed by atoms with Crippen LogP contribution in [0, 0.1) is 0 Å². The first kappa shape index (κ1) is 18.5.